The molecule has 4 nitrogen and oxygen atoms in total. The van der Waals surface area contributed by atoms with E-state index >= 15 is 0 Å². The van der Waals surface area contributed by atoms with Crippen LogP contribution in [0, 0.1) is 11.6 Å². The fourth-order valence-corrected chi connectivity index (χ4v) is 1.54. The Hall–Kier alpha value is -1.76. The molecule has 0 amide bonds. The highest BCUT2D eigenvalue weighted by Crippen LogP contribution is 2.22. The molecule has 2 aromatic rings. The number of rotatable bonds is 2. The molecule has 0 saturated heterocycles. The number of halogens is 3. The molecule has 2 rings (SSSR count). The molecule has 0 fully saturated rings. The number of anilines is 1. The molecule has 1 aromatic heterocycles. The summed E-state index contributed by atoms with van der Waals surface area (Å²) < 4.78 is 31.3. The van der Waals surface area contributed by atoms with E-state index in [1.807, 2.05) is 0 Å². The van der Waals surface area contributed by atoms with Gasteiger partial charge in [-0.1, -0.05) is 0 Å². The average molecular weight is 302 g/mol. The lowest BCUT2D eigenvalue weighted by Gasteiger charge is -2.05. The zero-order valence-corrected chi connectivity index (χ0v) is 9.91. The Bertz CT molecular complexity index is 475. The highest BCUT2D eigenvalue weighted by atomic mass is 79.9. The second-order valence-corrected chi connectivity index (χ2v) is 3.92. The number of hydrogen-bond acceptors (Lipinski definition) is 4. The van der Waals surface area contributed by atoms with Crippen molar-refractivity contribution in [2.24, 2.45) is 0 Å². The van der Waals surface area contributed by atoms with Gasteiger partial charge in [-0.3, -0.25) is 0 Å². The fourth-order valence-electron chi connectivity index (χ4n) is 1.15. The van der Waals surface area contributed by atoms with Gasteiger partial charge >= 0.3 is 6.01 Å². The van der Waals surface area contributed by atoms with Gasteiger partial charge in [-0.2, -0.15) is 9.97 Å². The highest BCUT2D eigenvalue weighted by Gasteiger charge is 2.06. The maximum absolute atomic E-state index is 12.9. The molecule has 0 aliphatic rings. The summed E-state index contributed by atoms with van der Waals surface area (Å²) in [6, 6.07) is 4.15. The monoisotopic (exact) mass is 301 g/mol. The van der Waals surface area contributed by atoms with Crippen molar-refractivity contribution in [2.75, 3.05) is 5.73 Å². The van der Waals surface area contributed by atoms with Crippen LogP contribution < -0.4 is 10.5 Å². The molecule has 0 aliphatic heterocycles. The highest BCUT2D eigenvalue weighted by molar-refractivity contribution is 9.10. The molecule has 0 radical (unpaired) electrons. The Morgan fingerprint density at radius 2 is 1.71 bits per heavy atom. The van der Waals surface area contributed by atoms with Crippen molar-refractivity contribution in [1.29, 1.82) is 0 Å². The smallest absolute Gasteiger partial charge is 0.325 e. The molecular weight excluding hydrogens is 296 g/mol. The lowest BCUT2D eigenvalue weighted by Crippen LogP contribution is -1.97. The van der Waals surface area contributed by atoms with E-state index in [4.69, 9.17) is 10.5 Å². The maximum Gasteiger partial charge on any atom is 0.325 e. The largest absolute Gasteiger partial charge is 0.424 e. The number of benzene rings is 1. The average Bonchev–Trinajstić information content (AvgIpc) is 2.13. The van der Waals surface area contributed by atoms with Gasteiger partial charge in [0, 0.05) is 24.3 Å². The quantitative estimate of drug-likeness (QED) is 0.867. The van der Waals surface area contributed by atoms with Gasteiger partial charge < -0.3 is 10.5 Å². The summed E-state index contributed by atoms with van der Waals surface area (Å²) in [4.78, 5) is 7.61. The molecule has 1 aromatic carbocycles. The second kappa shape index (κ2) is 4.62. The van der Waals surface area contributed by atoms with Gasteiger partial charge in [0.1, 0.15) is 27.8 Å². The molecule has 0 atom stereocenters. The van der Waals surface area contributed by atoms with Gasteiger partial charge in [-0.25, -0.2) is 8.78 Å². The number of aromatic nitrogens is 2. The van der Waals surface area contributed by atoms with Crippen LogP contribution >= 0.6 is 15.9 Å². The van der Waals surface area contributed by atoms with Gasteiger partial charge in [0.05, 0.1) is 0 Å². The van der Waals surface area contributed by atoms with Gasteiger partial charge in [0.25, 0.3) is 0 Å². The van der Waals surface area contributed by atoms with Crippen molar-refractivity contribution in [2.45, 2.75) is 0 Å². The van der Waals surface area contributed by atoms with Crippen LogP contribution in [-0.2, 0) is 0 Å². The van der Waals surface area contributed by atoms with Crippen LogP contribution in [0.15, 0.2) is 28.9 Å². The Morgan fingerprint density at radius 3 is 2.29 bits per heavy atom. The molecule has 2 N–H and O–H groups in total. The van der Waals surface area contributed by atoms with Gasteiger partial charge in [-0.15, -0.1) is 0 Å². The lowest BCUT2D eigenvalue weighted by atomic mass is 10.3. The zero-order valence-electron chi connectivity index (χ0n) is 8.32. The first-order valence-corrected chi connectivity index (χ1v) is 5.26. The number of ether oxygens (including phenoxy) is 1. The van der Waals surface area contributed by atoms with E-state index in [1.165, 1.54) is 6.07 Å². The van der Waals surface area contributed by atoms with Crippen LogP contribution in [0.1, 0.15) is 0 Å². The fraction of sp³-hybridized carbons (Fsp3) is 0. The van der Waals surface area contributed by atoms with Crippen molar-refractivity contribution < 1.29 is 13.5 Å². The van der Waals surface area contributed by atoms with E-state index in [2.05, 4.69) is 25.9 Å². The zero-order chi connectivity index (χ0) is 12.4. The van der Waals surface area contributed by atoms with Gasteiger partial charge in [0.15, 0.2) is 0 Å². The van der Waals surface area contributed by atoms with Gasteiger partial charge in [-0.05, 0) is 15.9 Å². The molecule has 0 spiro atoms. The van der Waals surface area contributed by atoms with Crippen molar-refractivity contribution in [3.05, 3.63) is 40.5 Å². The third kappa shape index (κ3) is 3.10. The minimum absolute atomic E-state index is 0.0417. The molecule has 1 heterocycles. The summed E-state index contributed by atoms with van der Waals surface area (Å²) in [5.74, 6) is -1.36. The van der Waals surface area contributed by atoms with Crippen LogP contribution in [-0.4, -0.2) is 9.97 Å². The van der Waals surface area contributed by atoms with Crippen LogP contribution in [0.5, 0.6) is 11.8 Å². The lowest BCUT2D eigenvalue weighted by molar-refractivity contribution is 0.432. The molecular formula is C10H6BrF2N3O. The van der Waals surface area contributed by atoms with Gasteiger partial charge in [0.2, 0.25) is 0 Å². The topological polar surface area (TPSA) is 61.0 Å². The van der Waals surface area contributed by atoms with E-state index in [0.29, 0.717) is 4.60 Å². The minimum Gasteiger partial charge on any atom is -0.424 e. The second-order valence-electron chi connectivity index (χ2n) is 3.11. The molecule has 0 saturated carbocycles. The summed E-state index contributed by atoms with van der Waals surface area (Å²) in [6.07, 6.45) is 0. The number of hydrogen-bond donors (Lipinski definition) is 1. The van der Waals surface area contributed by atoms with Crippen LogP contribution in [0.4, 0.5) is 14.6 Å². The van der Waals surface area contributed by atoms with E-state index in [9.17, 15) is 8.78 Å². The molecule has 0 unspecified atom stereocenters. The third-order valence-corrected chi connectivity index (χ3v) is 2.15. The molecule has 0 bridgehead atoms. The van der Waals surface area contributed by atoms with Crippen LogP contribution in [0.25, 0.3) is 0 Å². The standard InChI is InChI=1S/C10H6BrF2N3O/c11-8-4-9(14)16-10(15-8)17-7-2-5(12)1-6(13)3-7/h1-4H,(H2,14,15,16). The number of nitrogens with zero attached hydrogens (tertiary/aromatic N) is 2. The normalized spacial score (nSPS) is 10.3. The molecule has 88 valence electrons. The summed E-state index contributed by atoms with van der Waals surface area (Å²) >= 11 is 3.10. The first kappa shape index (κ1) is 11.7. The van der Waals surface area contributed by atoms with E-state index in [0.717, 1.165) is 18.2 Å². The Balaban J connectivity index is 2.31. The Kier molecular flexibility index (Phi) is 3.19. The summed E-state index contributed by atoms with van der Waals surface area (Å²) in [5.41, 5.74) is 5.46. The Labute approximate surface area is 104 Å². The number of nitrogens with two attached hydrogens (primary N) is 1. The van der Waals surface area contributed by atoms with E-state index in [-0.39, 0.29) is 17.6 Å². The van der Waals surface area contributed by atoms with E-state index < -0.39 is 11.6 Å². The van der Waals surface area contributed by atoms with Crippen molar-refractivity contribution in [3.8, 4) is 11.8 Å². The van der Waals surface area contributed by atoms with Crippen molar-refractivity contribution in [3.63, 3.8) is 0 Å². The van der Waals surface area contributed by atoms with Crippen molar-refractivity contribution >= 4 is 21.7 Å². The predicted octanol–water partition coefficient (Wildman–Crippen LogP) is 2.89. The maximum atomic E-state index is 12.9. The predicted molar refractivity (Wildman–Crippen MR) is 60.6 cm³/mol. The number of nitrogen functional groups attached to an aromatic ring is 1. The van der Waals surface area contributed by atoms with Crippen LogP contribution in [0.3, 0.4) is 0 Å². The summed E-state index contributed by atoms with van der Waals surface area (Å²) in [7, 11) is 0. The summed E-state index contributed by atoms with van der Waals surface area (Å²) in [6.45, 7) is 0. The molecule has 0 aliphatic carbocycles. The molecule has 7 heteroatoms. The minimum atomic E-state index is -0.747. The first-order chi connectivity index (χ1) is 8.02. The Morgan fingerprint density at radius 1 is 1.06 bits per heavy atom. The molecule has 17 heavy (non-hydrogen) atoms. The summed E-state index contributed by atoms with van der Waals surface area (Å²) in [5, 5.41) is 0. The first-order valence-electron chi connectivity index (χ1n) is 4.47. The van der Waals surface area contributed by atoms with Crippen LogP contribution in [0.2, 0.25) is 0 Å². The van der Waals surface area contributed by atoms with E-state index in [1.54, 1.807) is 0 Å². The van der Waals surface area contributed by atoms with Crippen molar-refractivity contribution in [1.82, 2.24) is 9.97 Å². The third-order valence-electron chi connectivity index (χ3n) is 1.74. The SMILES string of the molecule is Nc1cc(Br)nc(Oc2cc(F)cc(F)c2)n1.